The largest absolute Gasteiger partial charge is 0.347 e. The van der Waals surface area contributed by atoms with E-state index in [0.29, 0.717) is 13.2 Å². The highest BCUT2D eigenvalue weighted by Crippen LogP contribution is 2.63. The number of benzene rings is 3. The van der Waals surface area contributed by atoms with Crippen molar-refractivity contribution in [2.24, 2.45) is 16.9 Å². The summed E-state index contributed by atoms with van der Waals surface area (Å²) < 4.78 is 11.1. The highest BCUT2D eigenvalue weighted by molar-refractivity contribution is 6.25. The third-order valence-electron chi connectivity index (χ3n) is 8.84. The number of non-ortho nitro benzene ring substituents is 1. The molecule has 3 aliphatic carbocycles. The second-order valence-electron chi connectivity index (χ2n) is 11.1. The molecule has 2 unspecified atom stereocenters. The van der Waals surface area contributed by atoms with Gasteiger partial charge in [0, 0.05) is 24.3 Å². The molecule has 0 aromatic heterocycles. The van der Waals surface area contributed by atoms with Crippen LogP contribution in [0.15, 0.2) is 77.9 Å². The molecule has 2 saturated heterocycles. The van der Waals surface area contributed by atoms with Gasteiger partial charge in [-0.05, 0) is 41.3 Å². The molecule has 3 amide bonds. The molecule has 3 aromatic rings. The number of nitro benzene ring substituents is 1. The van der Waals surface area contributed by atoms with Crippen LogP contribution in [0.1, 0.15) is 41.5 Å². The van der Waals surface area contributed by atoms with E-state index in [2.05, 4.69) is 10.5 Å². The maximum atomic E-state index is 14.3. The van der Waals surface area contributed by atoms with Crippen molar-refractivity contribution < 1.29 is 28.8 Å². The van der Waals surface area contributed by atoms with Crippen LogP contribution in [-0.4, -0.2) is 47.9 Å². The average Bonchev–Trinajstić information content (AvgIpc) is 3.53. The number of carbonyl (C=O) groups is 3. The number of amides is 3. The summed E-state index contributed by atoms with van der Waals surface area (Å²) in [7, 11) is 0. The molecule has 11 nitrogen and oxygen atoms in total. The van der Waals surface area contributed by atoms with Crippen LogP contribution in [0, 0.1) is 22.0 Å². The van der Waals surface area contributed by atoms with Gasteiger partial charge in [-0.25, -0.2) is 10.3 Å². The van der Waals surface area contributed by atoms with Crippen LogP contribution < -0.4 is 10.3 Å². The number of hydrazone groups is 1. The minimum Gasteiger partial charge on any atom is -0.347 e. The van der Waals surface area contributed by atoms with Crippen molar-refractivity contribution in [1.29, 1.82) is 0 Å². The van der Waals surface area contributed by atoms with Gasteiger partial charge in [0.2, 0.25) is 17.7 Å². The first-order valence-electron chi connectivity index (χ1n) is 13.7. The van der Waals surface area contributed by atoms with Gasteiger partial charge in [-0.1, -0.05) is 48.5 Å². The first-order chi connectivity index (χ1) is 20.2. The summed E-state index contributed by atoms with van der Waals surface area (Å²) in [6.07, 6.45) is 1.52. The zero-order valence-corrected chi connectivity index (χ0v) is 22.6. The van der Waals surface area contributed by atoms with E-state index < -0.39 is 39.8 Å². The van der Waals surface area contributed by atoms with Gasteiger partial charge in [-0.3, -0.25) is 24.5 Å². The van der Waals surface area contributed by atoms with Crippen LogP contribution in [0.25, 0.3) is 0 Å². The molecule has 0 radical (unpaired) electrons. The van der Waals surface area contributed by atoms with Gasteiger partial charge in [0.25, 0.3) is 5.69 Å². The van der Waals surface area contributed by atoms with Crippen molar-refractivity contribution in [3.05, 3.63) is 105 Å². The maximum absolute atomic E-state index is 14.3. The Morgan fingerprint density at radius 3 is 2.19 bits per heavy atom. The van der Waals surface area contributed by atoms with Crippen molar-refractivity contribution in [3.63, 3.8) is 0 Å². The summed E-state index contributed by atoms with van der Waals surface area (Å²) in [4.78, 5) is 53.2. The van der Waals surface area contributed by atoms with Crippen molar-refractivity contribution in [3.8, 4) is 0 Å². The predicted octanol–water partition coefficient (Wildman–Crippen LogP) is 3.40. The molecule has 2 fully saturated rings. The summed E-state index contributed by atoms with van der Waals surface area (Å²) >= 11 is 0. The molecule has 2 aliphatic heterocycles. The minimum absolute atomic E-state index is 0.0655. The minimum atomic E-state index is -1.16. The lowest BCUT2D eigenvalue weighted by molar-refractivity contribution is -0.384. The third kappa shape index (κ3) is 3.67. The summed E-state index contributed by atoms with van der Waals surface area (Å²) in [6.45, 7) is 2.49. The third-order valence-corrected chi connectivity index (χ3v) is 8.84. The monoisotopic (exact) mass is 566 g/mol. The van der Waals surface area contributed by atoms with Crippen molar-refractivity contribution in [1.82, 2.24) is 5.43 Å². The van der Waals surface area contributed by atoms with E-state index in [1.165, 1.54) is 24.3 Å². The summed E-state index contributed by atoms with van der Waals surface area (Å²) in [5.74, 6) is -4.22. The molecule has 11 heteroatoms. The molecule has 212 valence electrons. The van der Waals surface area contributed by atoms with Gasteiger partial charge in [0.05, 0.1) is 47.5 Å². The lowest BCUT2D eigenvalue weighted by Crippen LogP contribution is -2.54. The number of nitro groups is 1. The van der Waals surface area contributed by atoms with Crippen LogP contribution >= 0.6 is 0 Å². The van der Waals surface area contributed by atoms with Gasteiger partial charge in [-0.2, -0.15) is 5.10 Å². The zero-order chi connectivity index (χ0) is 29.2. The molecule has 2 heterocycles. The van der Waals surface area contributed by atoms with E-state index in [1.54, 1.807) is 13.1 Å². The number of nitrogens with zero attached hydrogens (tertiary/aromatic N) is 3. The van der Waals surface area contributed by atoms with Crippen LogP contribution in [0.2, 0.25) is 0 Å². The van der Waals surface area contributed by atoms with Gasteiger partial charge < -0.3 is 9.47 Å². The number of nitrogens with one attached hydrogen (secondary N) is 1. The normalized spacial score (nSPS) is 26.7. The number of rotatable bonds is 6. The zero-order valence-electron chi connectivity index (χ0n) is 22.6. The molecule has 42 heavy (non-hydrogen) atoms. The molecule has 0 spiro atoms. The highest BCUT2D eigenvalue weighted by Gasteiger charge is 2.68. The first kappa shape index (κ1) is 26.2. The molecule has 3 aromatic carbocycles. The smallest absolute Gasteiger partial charge is 0.269 e. The van der Waals surface area contributed by atoms with Gasteiger partial charge in [0.15, 0.2) is 5.79 Å². The Kier molecular flexibility index (Phi) is 5.86. The molecular formula is C31H26N4O7. The van der Waals surface area contributed by atoms with E-state index >= 15 is 0 Å². The summed E-state index contributed by atoms with van der Waals surface area (Å²) in [5, 5.41) is 15.6. The Morgan fingerprint density at radius 1 is 1.00 bits per heavy atom. The Labute approximate surface area is 240 Å². The first-order valence-corrected chi connectivity index (χ1v) is 13.7. The van der Waals surface area contributed by atoms with Gasteiger partial charge in [-0.15, -0.1) is 0 Å². The molecule has 2 atom stereocenters. The van der Waals surface area contributed by atoms with Crippen LogP contribution in [0.5, 0.6) is 0 Å². The average molecular weight is 567 g/mol. The lowest BCUT2D eigenvalue weighted by atomic mass is 9.47. The molecule has 8 rings (SSSR count). The topological polar surface area (TPSA) is 140 Å². The fourth-order valence-corrected chi connectivity index (χ4v) is 7.22. The second-order valence-corrected chi connectivity index (χ2v) is 11.1. The standard InChI is InChI=1S/C31H26N4O7/c1-30(41-14-15-42-30)16-24(36)33-32-17-31-22-8-4-2-6-20(22)25(21-7-3-5-9-23(21)31)26-27(31)29(38)34(28(26)37)18-10-12-19(13-11-18)35(39)40/h2-13,17,25-27H,14-16H2,1H3,(H,33,36)/b32-17+. The second kappa shape index (κ2) is 9.40. The van der Waals surface area contributed by atoms with E-state index in [1.807, 2.05) is 48.5 Å². The maximum Gasteiger partial charge on any atom is 0.269 e. The van der Waals surface area contributed by atoms with E-state index in [4.69, 9.17) is 9.47 Å². The number of hydrogen-bond donors (Lipinski definition) is 1. The van der Waals surface area contributed by atoms with Crippen molar-refractivity contribution in [2.75, 3.05) is 18.1 Å². The fraction of sp³-hybridized carbons (Fsp3) is 0.290. The van der Waals surface area contributed by atoms with E-state index in [0.717, 1.165) is 27.2 Å². The van der Waals surface area contributed by atoms with Gasteiger partial charge in [0.1, 0.15) is 0 Å². The number of carbonyl (C=O) groups excluding carboxylic acids is 3. The quantitative estimate of drug-likeness (QED) is 0.209. The lowest BCUT2D eigenvalue weighted by Gasteiger charge is -2.52. The Balaban J connectivity index is 1.34. The SMILES string of the molecule is CC1(CC(=O)N/N=C/C23c4ccccc4C(c4ccccc42)C2C(=O)N(c4ccc([N+](=O)[O-])cc4)C(=O)C23)OCCO1. The number of hydrogen-bond acceptors (Lipinski definition) is 8. The molecular weight excluding hydrogens is 540 g/mol. The molecule has 0 saturated carbocycles. The summed E-state index contributed by atoms with van der Waals surface area (Å²) in [5.41, 5.74) is 5.07. The number of anilines is 1. The number of ether oxygens (including phenoxy) is 2. The van der Waals surface area contributed by atoms with Gasteiger partial charge >= 0.3 is 0 Å². The van der Waals surface area contributed by atoms with E-state index in [9.17, 15) is 24.5 Å². The summed E-state index contributed by atoms with van der Waals surface area (Å²) in [6, 6.07) is 20.8. The van der Waals surface area contributed by atoms with Crippen LogP contribution in [0.4, 0.5) is 11.4 Å². The van der Waals surface area contributed by atoms with Crippen molar-refractivity contribution in [2.45, 2.75) is 30.5 Å². The Hall–Kier alpha value is -4.74. The van der Waals surface area contributed by atoms with E-state index in [-0.39, 0.29) is 29.6 Å². The highest BCUT2D eigenvalue weighted by atomic mass is 16.7. The van der Waals surface area contributed by atoms with Crippen LogP contribution in [0.3, 0.4) is 0 Å². The number of imide groups is 1. The molecule has 2 bridgehead atoms. The fourth-order valence-electron chi connectivity index (χ4n) is 7.22. The predicted molar refractivity (Wildman–Crippen MR) is 150 cm³/mol. The van der Waals surface area contributed by atoms with Crippen molar-refractivity contribution >= 4 is 35.3 Å². The molecule has 5 aliphatic rings. The Morgan fingerprint density at radius 2 is 1.60 bits per heavy atom. The van der Waals surface area contributed by atoms with Crippen LogP contribution in [-0.2, 0) is 29.3 Å². The molecule has 1 N–H and O–H groups in total. The Bertz CT molecular complexity index is 1630.